The fraction of sp³-hybridized carbons (Fsp3) is 0.111. The van der Waals surface area contributed by atoms with Crippen LogP contribution in [0.1, 0.15) is 36.7 Å². The van der Waals surface area contributed by atoms with E-state index < -0.39 is 5.91 Å². The van der Waals surface area contributed by atoms with Crippen LogP contribution in [0.2, 0.25) is 0 Å². The summed E-state index contributed by atoms with van der Waals surface area (Å²) in [5.74, 6) is -0.606. The molecule has 0 aliphatic heterocycles. The number of amides is 1. The summed E-state index contributed by atoms with van der Waals surface area (Å²) in [6.07, 6.45) is 0. The Morgan fingerprint density at radius 2 is 0.976 bits per heavy atom. The molecule has 2 nitrogen and oxygen atoms in total. The topological polar surface area (TPSA) is 40.9 Å². The first-order valence-electron chi connectivity index (χ1n) is 13.1. The molecule has 6 heteroatoms. The largest absolute Gasteiger partial charge is 4.00 e. The van der Waals surface area contributed by atoms with Gasteiger partial charge in [0.15, 0.2) is 0 Å². The van der Waals surface area contributed by atoms with Crippen molar-refractivity contribution in [3.05, 3.63) is 156 Å². The molecule has 210 valence electrons. The number of hydrogen-bond donors (Lipinski definition) is 0. The molecular weight excluding hydrogens is 653 g/mol. The fourth-order valence-corrected chi connectivity index (χ4v) is 5.50. The van der Waals surface area contributed by atoms with Gasteiger partial charge in [0, 0.05) is 5.56 Å². The average molecular weight is 686 g/mol. The van der Waals surface area contributed by atoms with Gasteiger partial charge in [0.25, 0.3) is 0 Å². The third kappa shape index (κ3) is 10.4. The van der Waals surface area contributed by atoms with E-state index in [0.29, 0.717) is 5.56 Å². The summed E-state index contributed by atoms with van der Waals surface area (Å²) >= 11 is 0. The zero-order valence-electron chi connectivity index (χ0n) is 23.9. The quantitative estimate of drug-likeness (QED) is 0.208. The Bertz CT molecular complexity index is 1560. The minimum atomic E-state index is -0.606. The van der Waals surface area contributed by atoms with E-state index in [9.17, 15) is 4.79 Å². The van der Waals surface area contributed by atoms with Crippen molar-refractivity contribution in [3.8, 4) is 0 Å². The summed E-state index contributed by atoms with van der Waals surface area (Å²) in [4.78, 5) is 11.0. The normalized spacial score (nSPS) is 9.98. The first-order valence-corrected chi connectivity index (χ1v) is 14.1. The molecule has 6 aromatic carbocycles. The van der Waals surface area contributed by atoms with Crippen LogP contribution in [0.15, 0.2) is 140 Å². The van der Waals surface area contributed by atoms with E-state index in [1.807, 2.05) is 32.9 Å². The maximum Gasteiger partial charge on any atom is 4.00 e. The molecule has 6 rings (SSSR count). The van der Waals surface area contributed by atoms with Crippen molar-refractivity contribution in [3.63, 3.8) is 0 Å². The van der Waals surface area contributed by atoms with Gasteiger partial charge < -0.3 is 35.3 Å². The first-order chi connectivity index (χ1) is 18.8. The number of carbonyl (C=O) groups excluding carboxylic acids is 1. The molecule has 1 amide bonds. The van der Waals surface area contributed by atoms with Crippen LogP contribution < -0.4 is 35.2 Å². The Hall–Kier alpha value is -2.88. The van der Waals surface area contributed by atoms with Crippen LogP contribution in [0.3, 0.4) is 0 Å². The van der Waals surface area contributed by atoms with Crippen molar-refractivity contribution >= 4 is 47.3 Å². The Kier molecular flexibility index (Phi) is 15.9. The van der Waals surface area contributed by atoms with Crippen LogP contribution in [0.4, 0.5) is 0 Å². The Morgan fingerprint density at radius 1 is 0.595 bits per heavy atom. The molecule has 0 fully saturated rings. The standard InChI is InChI=1S/C13H9.C12H10Si.C11H15NO.2ClH.Zr/c1-3-7-12-10(5-1)9-11-6-2-4-8-13(11)12;1-3-7-11(8-4-1)13-12-9-5-2-6-10-12;1-11(2,3)9-7-5-4-6-8(9)10(12)13;;;/h1-9H;1-10H;4-7H,1-3H3,(H2,12,13);2*1H;/q-1;;;;;+4/p-3. The molecule has 0 aliphatic rings. The van der Waals surface area contributed by atoms with Crippen LogP contribution in [-0.4, -0.2) is 15.4 Å². The van der Waals surface area contributed by atoms with Gasteiger partial charge in [0.05, 0.1) is 5.91 Å². The van der Waals surface area contributed by atoms with Crippen molar-refractivity contribution in [1.82, 2.24) is 0 Å². The Balaban J connectivity index is 0.000000304. The summed E-state index contributed by atoms with van der Waals surface area (Å²) in [6, 6.07) is 47.7. The van der Waals surface area contributed by atoms with E-state index in [-0.39, 0.29) is 56.4 Å². The molecule has 0 spiro atoms. The van der Waals surface area contributed by atoms with Crippen LogP contribution in [-0.2, 0) is 31.6 Å². The number of nitrogens with one attached hydrogen (secondary N) is 1. The van der Waals surface area contributed by atoms with Gasteiger partial charge in [-0.1, -0.05) is 152 Å². The van der Waals surface area contributed by atoms with E-state index in [4.69, 9.17) is 5.73 Å². The van der Waals surface area contributed by atoms with Gasteiger partial charge in [-0.15, -0.1) is 39.7 Å². The van der Waals surface area contributed by atoms with E-state index in [0.717, 1.165) is 15.1 Å². The number of halogens is 2. The van der Waals surface area contributed by atoms with E-state index in [1.165, 1.54) is 31.9 Å². The van der Waals surface area contributed by atoms with Crippen molar-refractivity contribution in [2.75, 3.05) is 0 Å². The van der Waals surface area contributed by atoms with Gasteiger partial charge in [0.2, 0.25) is 0 Å². The van der Waals surface area contributed by atoms with Crippen LogP contribution >= 0.6 is 0 Å². The third-order valence-electron chi connectivity index (χ3n) is 6.34. The minimum Gasteiger partial charge on any atom is -1.00 e. The summed E-state index contributed by atoms with van der Waals surface area (Å²) in [5, 5.41) is 8.19. The van der Waals surface area contributed by atoms with Gasteiger partial charge in [-0.2, -0.15) is 0 Å². The molecule has 0 atom stereocenters. The predicted octanol–water partition coefficient (Wildman–Crippen LogP) is 2.24. The molecule has 0 aliphatic carbocycles. The third-order valence-corrected chi connectivity index (χ3v) is 7.58. The van der Waals surface area contributed by atoms with Crippen LogP contribution in [0, 0.1) is 0 Å². The maximum atomic E-state index is 11.0. The molecule has 0 bridgehead atoms. The molecule has 0 heterocycles. The Labute approximate surface area is 283 Å². The van der Waals surface area contributed by atoms with Crippen molar-refractivity contribution in [2.24, 2.45) is 0 Å². The van der Waals surface area contributed by atoms with Gasteiger partial charge in [-0.05, 0) is 11.0 Å². The molecule has 2 radical (unpaired) electrons. The summed E-state index contributed by atoms with van der Waals surface area (Å²) < 4.78 is 0. The number of carbonyl (C=O) groups is 1. The van der Waals surface area contributed by atoms with Gasteiger partial charge >= 0.3 is 26.2 Å². The summed E-state index contributed by atoms with van der Waals surface area (Å²) in [7, 11) is 0.777. The number of rotatable bonds is 3. The Morgan fingerprint density at radius 3 is 1.38 bits per heavy atom. The number of benzene rings is 5. The molecule has 0 unspecified atom stereocenters. The monoisotopic (exact) mass is 683 g/mol. The molecule has 0 saturated carbocycles. The van der Waals surface area contributed by atoms with Crippen molar-refractivity contribution < 1.29 is 55.8 Å². The SMILES string of the molecule is CC(C)(C)c1ccccc1C([NH-])=O.[Cl-].[Cl-].[Zr+4].c1ccc([Si]c2ccccc2)cc1.c1ccc2c(c1)[cH-]c1ccccc12. The second-order valence-corrected chi connectivity index (χ2v) is 11.7. The summed E-state index contributed by atoms with van der Waals surface area (Å²) in [6.45, 7) is 6.11. The van der Waals surface area contributed by atoms with Gasteiger partial charge in [-0.3, -0.25) is 0 Å². The molecule has 0 saturated heterocycles. The van der Waals surface area contributed by atoms with Crippen LogP contribution in [0.5, 0.6) is 0 Å². The second kappa shape index (κ2) is 17.9. The number of hydrogen-bond acceptors (Lipinski definition) is 1. The van der Waals surface area contributed by atoms with Crippen molar-refractivity contribution in [2.45, 2.75) is 26.2 Å². The van der Waals surface area contributed by atoms with Crippen molar-refractivity contribution in [1.29, 1.82) is 0 Å². The van der Waals surface area contributed by atoms with E-state index in [2.05, 4.69) is 115 Å². The van der Waals surface area contributed by atoms with Crippen LogP contribution in [0.25, 0.3) is 27.3 Å². The minimum absolute atomic E-state index is 0. The molecule has 0 aromatic heterocycles. The molecular formula is C36H33Cl2NOSiZr. The summed E-state index contributed by atoms with van der Waals surface area (Å²) in [5.41, 5.74) is 8.47. The molecule has 6 aromatic rings. The molecule has 42 heavy (non-hydrogen) atoms. The smallest absolute Gasteiger partial charge is 1.00 e. The maximum absolute atomic E-state index is 11.0. The zero-order valence-corrected chi connectivity index (χ0v) is 28.9. The fourth-order valence-electron chi connectivity index (χ4n) is 4.45. The van der Waals surface area contributed by atoms with E-state index in [1.54, 1.807) is 12.1 Å². The average Bonchev–Trinajstić information content (AvgIpc) is 3.33. The van der Waals surface area contributed by atoms with Gasteiger partial charge in [0.1, 0.15) is 9.52 Å². The van der Waals surface area contributed by atoms with Gasteiger partial charge in [-0.25, -0.2) is 0 Å². The van der Waals surface area contributed by atoms with E-state index >= 15 is 0 Å². The zero-order chi connectivity index (χ0) is 27.7. The predicted molar refractivity (Wildman–Crippen MR) is 169 cm³/mol. The first kappa shape index (κ1) is 37.1. The molecule has 1 N–H and O–H groups in total. The second-order valence-electron chi connectivity index (χ2n) is 10.3. The number of fused-ring (bicyclic) bond motifs is 3.